The zero-order valence-corrected chi connectivity index (χ0v) is 14.8. The largest absolute Gasteiger partial charge is 0.274 e. The molecular formula is C19H14N4O5. The molecule has 1 aliphatic rings. The van der Waals surface area contributed by atoms with Gasteiger partial charge in [0.15, 0.2) is 0 Å². The molecule has 9 heteroatoms. The molecule has 0 spiro atoms. The molecule has 0 bridgehead atoms. The maximum Gasteiger partial charge on any atom is 0.270 e. The van der Waals surface area contributed by atoms with Crippen molar-refractivity contribution in [2.75, 3.05) is 6.54 Å². The van der Waals surface area contributed by atoms with Crippen LogP contribution in [0.3, 0.4) is 0 Å². The van der Waals surface area contributed by atoms with Crippen LogP contribution < -0.4 is 5.56 Å². The summed E-state index contributed by atoms with van der Waals surface area (Å²) in [6.45, 7) is 1.69. The maximum atomic E-state index is 12.7. The number of aryl methyl sites for hydroxylation is 1. The lowest BCUT2D eigenvalue weighted by Gasteiger charge is -2.14. The molecule has 0 atom stereocenters. The Morgan fingerprint density at radius 2 is 1.82 bits per heavy atom. The van der Waals surface area contributed by atoms with Gasteiger partial charge in [0.05, 0.1) is 16.1 Å². The number of imide groups is 1. The zero-order valence-electron chi connectivity index (χ0n) is 14.8. The first-order chi connectivity index (χ1) is 13.4. The molecule has 1 aliphatic heterocycles. The van der Waals surface area contributed by atoms with Gasteiger partial charge in [-0.3, -0.25) is 33.8 Å². The molecular weight excluding hydrogens is 364 g/mol. The minimum absolute atomic E-state index is 0.00396. The van der Waals surface area contributed by atoms with Crippen molar-refractivity contribution in [3.63, 3.8) is 0 Å². The SMILES string of the molecule is Cc1nc2ccccn2c(=O)c1CCN1C(=O)c2ccc([N+](=O)[O-])cc2C1=O. The van der Waals surface area contributed by atoms with Gasteiger partial charge in [0.2, 0.25) is 0 Å². The monoisotopic (exact) mass is 378 g/mol. The molecule has 3 heterocycles. The Balaban J connectivity index is 1.63. The van der Waals surface area contributed by atoms with E-state index in [0.717, 1.165) is 11.0 Å². The summed E-state index contributed by atoms with van der Waals surface area (Å²) in [5.41, 5.74) is 1.08. The third kappa shape index (κ3) is 2.64. The number of fused-ring (bicyclic) bond motifs is 2. The molecule has 0 saturated heterocycles. The van der Waals surface area contributed by atoms with Gasteiger partial charge in [0.25, 0.3) is 23.1 Å². The highest BCUT2D eigenvalue weighted by Crippen LogP contribution is 2.26. The molecule has 140 valence electrons. The number of carbonyl (C=O) groups excluding carboxylic acids is 2. The number of rotatable bonds is 4. The van der Waals surface area contributed by atoms with Crippen molar-refractivity contribution in [1.82, 2.24) is 14.3 Å². The third-order valence-electron chi connectivity index (χ3n) is 4.78. The highest BCUT2D eigenvalue weighted by Gasteiger charge is 2.36. The Morgan fingerprint density at radius 3 is 2.57 bits per heavy atom. The Bertz CT molecular complexity index is 1230. The van der Waals surface area contributed by atoms with Crippen LogP contribution >= 0.6 is 0 Å². The summed E-state index contributed by atoms with van der Waals surface area (Å²) in [6.07, 6.45) is 1.75. The number of carbonyl (C=O) groups is 2. The molecule has 2 aromatic heterocycles. The fourth-order valence-corrected chi connectivity index (χ4v) is 3.34. The van der Waals surface area contributed by atoms with E-state index < -0.39 is 16.7 Å². The number of nitro groups is 1. The summed E-state index contributed by atoms with van der Waals surface area (Å²) in [6, 6.07) is 8.79. The smallest absolute Gasteiger partial charge is 0.270 e. The van der Waals surface area contributed by atoms with Gasteiger partial charge < -0.3 is 0 Å². The van der Waals surface area contributed by atoms with Gasteiger partial charge in [-0.25, -0.2) is 4.98 Å². The summed E-state index contributed by atoms with van der Waals surface area (Å²) < 4.78 is 1.41. The molecule has 0 radical (unpaired) electrons. The molecule has 0 aliphatic carbocycles. The van der Waals surface area contributed by atoms with Crippen molar-refractivity contribution in [1.29, 1.82) is 0 Å². The van der Waals surface area contributed by atoms with Crippen LogP contribution in [0, 0.1) is 17.0 Å². The molecule has 28 heavy (non-hydrogen) atoms. The highest BCUT2D eigenvalue weighted by atomic mass is 16.6. The third-order valence-corrected chi connectivity index (χ3v) is 4.78. The van der Waals surface area contributed by atoms with Crippen molar-refractivity contribution in [2.24, 2.45) is 0 Å². The van der Waals surface area contributed by atoms with E-state index in [4.69, 9.17) is 0 Å². The van der Waals surface area contributed by atoms with E-state index in [-0.39, 0.29) is 35.3 Å². The van der Waals surface area contributed by atoms with Crippen molar-refractivity contribution in [3.05, 3.63) is 85.4 Å². The Kier molecular flexibility index (Phi) is 3.99. The minimum Gasteiger partial charge on any atom is -0.274 e. The second-order valence-corrected chi connectivity index (χ2v) is 6.41. The molecule has 3 aromatic rings. The van der Waals surface area contributed by atoms with Gasteiger partial charge in [-0.15, -0.1) is 0 Å². The van der Waals surface area contributed by atoms with Crippen LogP contribution in [0.1, 0.15) is 32.0 Å². The molecule has 4 rings (SSSR count). The molecule has 0 unspecified atom stereocenters. The predicted octanol–water partition coefficient (Wildman–Crippen LogP) is 1.75. The minimum atomic E-state index is -0.619. The van der Waals surface area contributed by atoms with Gasteiger partial charge in [0, 0.05) is 36.1 Å². The van der Waals surface area contributed by atoms with Crippen molar-refractivity contribution in [2.45, 2.75) is 13.3 Å². The Morgan fingerprint density at radius 1 is 1.07 bits per heavy atom. The summed E-state index contributed by atoms with van der Waals surface area (Å²) in [5.74, 6) is -1.13. The number of amides is 2. The zero-order chi connectivity index (χ0) is 20.0. The van der Waals surface area contributed by atoms with E-state index in [1.165, 1.54) is 16.5 Å². The average molecular weight is 378 g/mol. The van der Waals surface area contributed by atoms with Crippen molar-refractivity contribution in [3.8, 4) is 0 Å². The predicted molar refractivity (Wildman–Crippen MR) is 98.4 cm³/mol. The first kappa shape index (κ1) is 17.5. The van der Waals surface area contributed by atoms with Gasteiger partial charge in [-0.1, -0.05) is 6.07 Å². The van der Waals surface area contributed by atoms with Crippen LogP contribution in [0.2, 0.25) is 0 Å². The van der Waals surface area contributed by atoms with Crippen LogP contribution in [-0.2, 0) is 6.42 Å². The second kappa shape index (κ2) is 6.38. The number of hydrogen-bond acceptors (Lipinski definition) is 6. The summed E-state index contributed by atoms with van der Waals surface area (Å²) >= 11 is 0. The van der Waals surface area contributed by atoms with Gasteiger partial charge in [-0.05, 0) is 31.5 Å². The van der Waals surface area contributed by atoms with Crippen molar-refractivity contribution >= 4 is 23.1 Å². The Hall–Kier alpha value is -3.88. The fraction of sp³-hybridized carbons (Fsp3) is 0.158. The van der Waals surface area contributed by atoms with E-state index in [0.29, 0.717) is 16.9 Å². The van der Waals surface area contributed by atoms with Crippen LogP contribution in [-0.4, -0.2) is 37.6 Å². The maximum absolute atomic E-state index is 12.7. The number of aromatic nitrogens is 2. The van der Waals surface area contributed by atoms with Crippen LogP contribution in [0.15, 0.2) is 47.4 Å². The normalized spacial score (nSPS) is 13.2. The number of benzene rings is 1. The first-order valence-corrected chi connectivity index (χ1v) is 8.50. The lowest BCUT2D eigenvalue weighted by Crippen LogP contribution is -2.33. The second-order valence-electron chi connectivity index (χ2n) is 6.41. The summed E-state index contributed by atoms with van der Waals surface area (Å²) in [4.78, 5) is 53.5. The van der Waals surface area contributed by atoms with Gasteiger partial charge in [-0.2, -0.15) is 0 Å². The topological polar surface area (TPSA) is 115 Å². The number of non-ortho nitro benzene ring substituents is 1. The molecule has 9 nitrogen and oxygen atoms in total. The van der Waals surface area contributed by atoms with E-state index >= 15 is 0 Å². The number of pyridine rings is 1. The lowest BCUT2D eigenvalue weighted by molar-refractivity contribution is -0.384. The number of hydrogen-bond donors (Lipinski definition) is 0. The molecule has 0 fully saturated rings. The molecule has 1 aromatic carbocycles. The van der Waals surface area contributed by atoms with Crippen molar-refractivity contribution < 1.29 is 14.5 Å². The lowest BCUT2D eigenvalue weighted by atomic mass is 10.1. The average Bonchev–Trinajstić information content (AvgIpc) is 2.92. The van der Waals surface area contributed by atoms with E-state index in [1.54, 1.807) is 31.3 Å². The molecule has 0 saturated carbocycles. The summed E-state index contributed by atoms with van der Waals surface area (Å²) in [5, 5.41) is 10.9. The molecule has 0 N–H and O–H groups in total. The van der Waals surface area contributed by atoms with Crippen LogP contribution in [0.4, 0.5) is 5.69 Å². The number of nitrogens with zero attached hydrogens (tertiary/aromatic N) is 4. The van der Waals surface area contributed by atoms with Crippen LogP contribution in [0.25, 0.3) is 5.65 Å². The standard InChI is InChI=1S/C19H14N4O5/c1-11-13(17(24)21-8-3-2-4-16(21)20-11)7-9-22-18(25)14-6-5-12(23(27)28)10-15(14)19(22)26/h2-6,8,10H,7,9H2,1H3. The van der Waals surface area contributed by atoms with Crippen LogP contribution in [0.5, 0.6) is 0 Å². The quantitative estimate of drug-likeness (QED) is 0.388. The van der Waals surface area contributed by atoms with E-state index in [2.05, 4.69) is 4.98 Å². The van der Waals surface area contributed by atoms with Gasteiger partial charge in [0.1, 0.15) is 5.65 Å². The van der Waals surface area contributed by atoms with Gasteiger partial charge >= 0.3 is 0 Å². The van der Waals surface area contributed by atoms with E-state index in [9.17, 15) is 24.5 Å². The van der Waals surface area contributed by atoms with E-state index in [1.807, 2.05) is 0 Å². The molecule has 2 amide bonds. The fourth-order valence-electron chi connectivity index (χ4n) is 3.34. The Labute approximate surface area is 158 Å². The first-order valence-electron chi connectivity index (χ1n) is 8.50. The number of nitro benzene ring substituents is 1. The highest BCUT2D eigenvalue weighted by molar-refractivity contribution is 6.21. The summed E-state index contributed by atoms with van der Waals surface area (Å²) in [7, 11) is 0.